The van der Waals surface area contributed by atoms with Crippen LogP contribution in [0, 0.1) is 0 Å². The molecule has 0 unspecified atom stereocenters. The van der Waals surface area contributed by atoms with Crippen molar-refractivity contribution in [3.8, 4) is 0 Å². The highest BCUT2D eigenvalue weighted by molar-refractivity contribution is 6.14. The lowest BCUT2D eigenvalue weighted by Gasteiger charge is -2.05. The van der Waals surface area contributed by atoms with E-state index in [1.165, 1.54) is 0 Å². The number of fused-ring (bicyclic) bond motifs is 1. The molecule has 1 N–H and O–H groups in total. The second-order valence-corrected chi connectivity index (χ2v) is 5.66. The summed E-state index contributed by atoms with van der Waals surface area (Å²) in [5, 5.41) is 2.66. The fraction of sp³-hybridized carbons (Fsp3) is 0.150. The first kappa shape index (κ1) is 17.4. The standard InChI is InChI=1S/C20H17NO5/c22-18-16-10-9-14(12-17(16)19(23)26-18)6-4-5-11-21-20(24)25-13-15-7-2-1-3-8-15/h1-4,6-10,12H,5,11,13H2,(H,21,24). The summed E-state index contributed by atoms with van der Waals surface area (Å²) in [5.74, 6) is -1.23. The summed E-state index contributed by atoms with van der Waals surface area (Å²) in [4.78, 5) is 34.5. The molecule has 1 aliphatic rings. The molecule has 2 aromatic carbocycles. The number of carbonyl (C=O) groups excluding carboxylic acids is 3. The number of cyclic esters (lactones) is 2. The van der Waals surface area contributed by atoms with Crippen LogP contribution in [0.2, 0.25) is 0 Å². The smallest absolute Gasteiger partial charge is 0.407 e. The Morgan fingerprint density at radius 1 is 1.04 bits per heavy atom. The molecular weight excluding hydrogens is 334 g/mol. The first-order valence-electron chi connectivity index (χ1n) is 8.15. The van der Waals surface area contributed by atoms with Crippen molar-refractivity contribution >= 4 is 24.1 Å². The van der Waals surface area contributed by atoms with Crippen molar-refractivity contribution in [3.63, 3.8) is 0 Å². The Labute approximate surface area is 150 Å². The molecule has 3 rings (SSSR count). The largest absolute Gasteiger partial charge is 0.445 e. The molecule has 6 nitrogen and oxygen atoms in total. The molecule has 0 aliphatic carbocycles. The van der Waals surface area contributed by atoms with Crippen molar-refractivity contribution in [1.82, 2.24) is 5.32 Å². The molecule has 1 amide bonds. The highest BCUT2D eigenvalue weighted by atomic mass is 16.6. The van der Waals surface area contributed by atoms with Crippen molar-refractivity contribution in [1.29, 1.82) is 0 Å². The predicted octanol–water partition coefficient (Wildman–Crippen LogP) is 3.33. The van der Waals surface area contributed by atoms with Crippen LogP contribution < -0.4 is 5.32 Å². The Hall–Kier alpha value is -3.41. The lowest BCUT2D eigenvalue weighted by atomic mass is 10.1. The lowest BCUT2D eigenvalue weighted by Crippen LogP contribution is -2.24. The fourth-order valence-electron chi connectivity index (χ4n) is 2.46. The summed E-state index contributed by atoms with van der Waals surface area (Å²) < 4.78 is 9.66. The first-order chi connectivity index (χ1) is 12.6. The highest BCUT2D eigenvalue weighted by Crippen LogP contribution is 2.21. The normalized spacial score (nSPS) is 12.8. The van der Waals surface area contributed by atoms with Crippen molar-refractivity contribution in [2.24, 2.45) is 0 Å². The third kappa shape index (κ3) is 4.36. The second kappa shape index (κ2) is 8.11. The van der Waals surface area contributed by atoms with E-state index in [1.54, 1.807) is 18.2 Å². The minimum atomic E-state index is -0.622. The van der Waals surface area contributed by atoms with Gasteiger partial charge in [0, 0.05) is 6.54 Å². The maximum absolute atomic E-state index is 11.6. The van der Waals surface area contributed by atoms with Crippen LogP contribution in [0.25, 0.3) is 6.08 Å². The topological polar surface area (TPSA) is 81.7 Å². The van der Waals surface area contributed by atoms with Crippen LogP contribution in [-0.4, -0.2) is 24.6 Å². The van der Waals surface area contributed by atoms with Crippen LogP contribution in [0.5, 0.6) is 0 Å². The molecule has 0 saturated carbocycles. The maximum Gasteiger partial charge on any atom is 0.407 e. The van der Waals surface area contributed by atoms with Gasteiger partial charge in [-0.25, -0.2) is 14.4 Å². The molecule has 1 aliphatic heterocycles. The predicted molar refractivity (Wildman–Crippen MR) is 94.5 cm³/mol. The van der Waals surface area contributed by atoms with Crippen molar-refractivity contribution in [3.05, 3.63) is 76.9 Å². The Morgan fingerprint density at radius 2 is 1.81 bits per heavy atom. The molecule has 0 fully saturated rings. The zero-order valence-electron chi connectivity index (χ0n) is 13.9. The van der Waals surface area contributed by atoms with Gasteiger partial charge < -0.3 is 14.8 Å². The van der Waals surface area contributed by atoms with E-state index in [2.05, 4.69) is 10.1 Å². The Morgan fingerprint density at radius 3 is 2.62 bits per heavy atom. The molecular formula is C20H17NO5. The highest BCUT2D eigenvalue weighted by Gasteiger charge is 2.29. The van der Waals surface area contributed by atoms with E-state index in [4.69, 9.17) is 4.74 Å². The first-order valence-corrected chi connectivity index (χ1v) is 8.15. The lowest BCUT2D eigenvalue weighted by molar-refractivity contribution is 0.0443. The van der Waals surface area contributed by atoms with E-state index >= 15 is 0 Å². The van der Waals surface area contributed by atoms with Crippen LogP contribution in [0.4, 0.5) is 4.79 Å². The van der Waals surface area contributed by atoms with E-state index in [0.29, 0.717) is 13.0 Å². The molecule has 0 bridgehead atoms. The van der Waals surface area contributed by atoms with Crippen LogP contribution in [0.3, 0.4) is 0 Å². The Balaban J connectivity index is 1.41. The van der Waals surface area contributed by atoms with E-state index in [9.17, 15) is 14.4 Å². The van der Waals surface area contributed by atoms with Crippen molar-refractivity contribution < 1.29 is 23.9 Å². The van der Waals surface area contributed by atoms with Gasteiger partial charge >= 0.3 is 18.0 Å². The fourth-order valence-corrected chi connectivity index (χ4v) is 2.46. The van der Waals surface area contributed by atoms with Crippen molar-refractivity contribution in [2.75, 3.05) is 6.54 Å². The summed E-state index contributed by atoms with van der Waals surface area (Å²) in [6.07, 6.45) is 3.80. The van der Waals surface area contributed by atoms with Crippen LogP contribution in [0.1, 0.15) is 38.3 Å². The number of esters is 2. The third-order valence-electron chi connectivity index (χ3n) is 3.77. The molecule has 2 aromatic rings. The van der Waals surface area contributed by atoms with Crippen LogP contribution in [-0.2, 0) is 16.1 Å². The van der Waals surface area contributed by atoms with Gasteiger partial charge in [-0.15, -0.1) is 0 Å². The van der Waals surface area contributed by atoms with Crippen molar-refractivity contribution in [2.45, 2.75) is 13.0 Å². The number of ether oxygens (including phenoxy) is 2. The number of amides is 1. The number of hydrogen-bond acceptors (Lipinski definition) is 5. The number of carbonyl (C=O) groups is 3. The molecule has 26 heavy (non-hydrogen) atoms. The molecule has 1 heterocycles. The summed E-state index contributed by atoms with van der Waals surface area (Å²) in [6.45, 7) is 0.655. The zero-order chi connectivity index (χ0) is 18.4. The van der Waals surface area contributed by atoms with Gasteiger partial charge in [-0.05, 0) is 29.7 Å². The minimum absolute atomic E-state index is 0.229. The SMILES string of the molecule is O=C(NCCC=Cc1ccc2c(c1)C(=O)OC2=O)OCc1ccccc1. The van der Waals surface area contributed by atoms with E-state index in [-0.39, 0.29) is 17.7 Å². The maximum atomic E-state index is 11.6. The van der Waals surface area contributed by atoms with E-state index in [1.807, 2.05) is 42.5 Å². The molecule has 0 radical (unpaired) electrons. The monoisotopic (exact) mass is 351 g/mol. The van der Waals surface area contributed by atoms with Gasteiger partial charge in [0.1, 0.15) is 6.61 Å². The van der Waals surface area contributed by atoms with Gasteiger partial charge in [0.05, 0.1) is 11.1 Å². The number of nitrogens with one attached hydrogen (secondary N) is 1. The summed E-state index contributed by atoms with van der Waals surface area (Å²) in [7, 11) is 0. The number of benzene rings is 2. The van der Waals surface area contributed by atoms with Gasteiger partial charge in [0.25, 0.3) is 0 Å². The Kier molecular flexibility index (Phi) is 5.43. The molecule has 0 aromatic heterocycles. The molecule has 0 atom stereocenters. The van der Waals surface area contributed by atoms with Crippen LogP contribution >= 0.6 is 0 Å². The number of rotatable bonds is 6. The van der Waals surface area contributed by atoms with Gasteiger partial charge in [0.2, 0.25) is 0 Å². The van der Waals surface area contributed by atoms with Gasteiger partial charge in [-0.3, -0.25) is 0 Å². The Bertz CT molecular complexity index is 858. The summed E-state index contributed by atoms with van der Waals surface area (Å²) in [5.41, 5.74) is 2.27. The quantitative estimate of drug-likeness (QED) is 0.490. The average molecular weight is 351 g/mol. The third-order valence-corrected chi connectivity index (χ3v) is 3.77. The molecule has 132 valence electrons. The molecule has 6 heteroatoms. The second-order valence-electron chi connectivity index (χ2n) is 5.66. The molecule has 0 saturated heterocycles. The number of alkyl carbamates (subject to hydrolysis) is 1. The zero-order valence-corrected chi connectivity index (χ0v) is 13.9. The van der Waals surface area contributed by atoms with E-state index in [0.717, 1.165) is 11.1 Å². The molecule has 0 spiro atoms. The van der Waals surface area contributed by atoms with Gasteiger partial charge in [0.15, 0.2) is 0 Å². The van der Waals surface area contributed by atoms with Crippen LogP contribution in [0.15, 0.2) is 54.6 Å². The minimum Gasteiger partial charge on any atom is -0.445 e. The van der Waals surface area contributed by atoms with Gasteiger partial charge in [-0.1, -0.05) is 48.6 Å². The average Bonchev–Trinajstić information content (AvgIpc) is 2.94. The van der Waals surface area contributed by atoms with Gasteiger partial charge in [-0.2, -0.15) is 0 Å². The van der Waals surface area contributed by atoms with E-state index < -0.39 is 18.0 Å². The summed E-state index contributed by atoms with van der Waals surface area (Å²) >= 11 is 0. The summed E-state index contributed by atoms with van der Waals surface area (Å²) in [6, 6.07) is 14.4. The number of hydrogen-bond donors (Lipinski definition) is 1.